The van der Waals surface area contributed by atoms with Crippen LogP contribution in [0, 0.1) is 5.82 Å². The van der Waals surface area contributed by atoms with Crippen molar-refractivity contribution in [1.29, 1.82) is 0 Å². The highest BCUT2D eigenvalue weighted by molar-refractivity contribution is 5.95. The number of carbonyl (C=O) groups is 1. The Morgan fingerprint density at radius 3 is 2.29 bits per heavy atom. The third kappa shape index (κ3) is 3.09. The summed E-state index contributed by atoms with van der Waals surface area (Å²) >= 11 is 0. The Hall–Kier alpha value is -2.86. The number of rotatable bonds is 3. The number of halogens is 2. The highest BCUT2D eigenvalue weighted by Crippen LogP contribution is 2.28. The van der Waals surface area contributed by atoms with Crippen molar-refractivity contribution in [3.8, 4) is 22.6 Å². The first kappa shape index (κ1) is 17.5. The van der Waals surface area contributed by atoms with Gasteiger partial charge in [-0.1, -0.05) is 30.3 Å². The largest absolute Gasteiger partial charge is 0.464 e. The molecule has 5 nitrogen and oxygen atoms in total. The summed E-state index contributed by atoms with van der Waals surface area (Å²) < 4.78 is 19.1. The maximum Gasteiger partial charge on any atom is 0.358 e. The first-order valence-electron chi connectivity index (χ1n) is 6.89. The summed E-state index contributed by atoms with van der Waals surface area (Å²) in [6, 6.07) is 14.9. The molecular formula is C17H15ClFN3O2. The van der Waals surface area contributed by atoms with Gasteiger partial charge in [-0.2, -0.15) is 0 Å². The zero-order valence-electron chi connectivity index (χ0n) is 12.8. The SMILES string of the molecule is COC(=O)c1c(-c2ccccc2)nc(-c2ccc(F)cc2)n1N.Cl. The van der Waals surface area contributed by atoms with Crippen LogP contribution in [-0.4, -0.2) is 22.7 Å². The van der Waals surface area contributed by atoms with Gasteiger partial charge in [-0.25, -0.2) is 18.8 Å². The number of nitrogens with zero attached hydrogens (tertiary/aromatic N) is 2. The average molecular weight is 348 g/mol. The molecule has 0 aliphatic carbocycles. The highest BCUT2D eigenvalue weighted by atomic mass is 35.5. The lowest BCUT2D eigenvalue weighted by molar-refractivity contribution is 0.0592. The number of nitrogen functional groups attached to an aromatic ring is 1. The van der Waals surface area contributed by atoms with Gasteiger partial charge >= 0.3 is 5.97 Å². The fourth-order valence-electron chi connectivity index (χ4n) is 2.32. The number of ether oxygens (including phenoxy) is 1. The Morgan fingerprint density at radius 1 is 1.08 bits per heavy atom. The summed E-state index contributed by atoms with van der Waals surface area (Å²) in [7, 11) is 1.28. The summed E-state index contributed by atoms with van der Waals surface area (Å²) in [5.74, 6) is 5.45. The second kappa shape index (κ2) is 7.14. The number of esters is 1. The Labute approximate surface area is 144 Å². The van der Waals surface area contributed by atoms with Crippen LogP contribution in [0.15, 0.2) is 54.6 Å². The van der Waals surface area contributed by atoms with E-state index in [1.165, 1.54) is 23.9 Å². The van der Waals surface area contributed by atoms with Crippen molar-refractivity contribution in [2.75, 3.05) is 13.0 Å². The van der Waals surface area contributed by atoms with Gasteiger partial charge in [0.15, 0.2) is 11.5 Å². The van der Waals surface area contributed by atoms with Crippen LogP contribution >= 0.6 is 12.4 Å². The lowest BCUT2D eigenvalue weighted by Gasteiger charge is -2.05. The monoisotopic (exact) mass is 347 g/mol. The van der Waals surface area contributed by atoms with Gasteiger partial charge < -0.3 is 10.6 Å². The number of benzene rings is 2. The molecule has 0 unspecified atom stereocenters. The number of nitrogens with two attached hydrogens (primary N) is 1. The Morgan fingerprint density at radius 2 is 1.71 bits per heavy atom. The molecule has 0 saturated heterocycles. The van der Waals surface area contributed by atoms with Crippen molar-refractivity contribution in [2.45, 2.75) is 0 Å². The molecule has 0 spiro atoms. The Balaban J connectivity index is 0.00000208. The molecular weight excluding hydrogens is 333 g/mol. The van der Waals surface area contributed by atoms with Gasteiger partial charge in [0, 0.05) is 11.1 Å². The van der Waals surface area contributed by atoms with E-state index in [9.17, 15) is 9.18 Å². The van der Waals surface area contributed by atoms with Crippen LogP contribution in [0.25, 0.3) is 22.6 Å². The number of imidazole rings is 1. The number of hydrogen-bond acceptors (Lipinski definition) is 4. The van der Waals surface area contributed by atoms with E-state index in [0.29, 0.717) is 17.1 Å². The van der Waals surface area contributed by atoms with Crippen LogP contribution in [0.3, 0.4) is 0 Å². The minimum atomic E-state index is -0.591. The van der Waals surface area contributed by atoms with Gasteiger partial charge in [-0.15, -0.1) is 12.4 Å². The van der Waals surface area contributed by atoms with Gasteiger partial charge in [-0.05, 0) is 24.3 Å². The van der Waals surface area contributed by atoms with Crippen molar-refractivity contribution in [2.24, 2.45) is 0 Å². The Bertz CT molecular complexity index is 848. The maximum atomic E-state index is 13.1. The van der Waals surface area contributed by atoms with Crippen molar-refractivity contribution in [1.82, 2.24) is 9.66 Å². The lowest BCUT2D eigenvalue weighted by Crippen LogP contribution is -2.19. The van der Waals surface area contributed by atoms with E-state index in [4.69, 9.17) is 10.6 Å². The van der Waals surface area contributed by atoms with Crippen LogP contribution in [0.1, 0.15) is 10.5 Å². The molecule has 0 saturated carbocycles. The minimum Gasteiger partial charge on any atom is -0.464 e. The van der Waals surface area contributed by atoms with Crippen molar-refractivity contribution >= 4 is 18.4 Å². The molecule has 0 aliphatic heterocycles. The van der Waals surface area contributed by atoms with Gasteiger partial charge in [0.25, 0.3) is 0 Å². The van der Waals surface area contributed by atoms with Crippen molar-refractivity contribution in [3.63, 3.8) is 0 Å². The molecule has 1 aromatic heterocycles. The van der Waals surface area contributed by atoms with E-state index in [2.05, 4.69) is 4.98 Å². The van der Waals surface area contributed by atoms with Crippen LogP contribution in [0.2, 0.25) is 0 Å². The van der Waals surface area contributed by atoms with Crippen LogP contribution in [-0.2, 0) is 4.74 Å². The third-order valence-corrected chi connectivity index (χ3v) is 3.44. The minimum absolute atomic E-state index is 0. The molecule has 7 heteroatoms. The van der Waals surface area contributed by atoms with Gasteiger partial charge in [0.2, 0.25) is 0 Å². The first-order valence-corrected chi connectivity index (χ1v) is 6.89. The zero-order chi connectivity index (χ0) is 16.4. The van der Waals surface area contributed by atoms with E-state index in [0.717, 1.165) is 5.56 Å². The summed E-state index contributed by atoms with van der Waals surface area (Å²) in [5.41, 5.74) is 1.89. The molecule has 124 valence electrons. The number of methoxy groups -OCH3 is 1. The van der Waals surface area contributed by atoms with Crippen molar-refractivity contribution < 1.29 is 13.9 Å². The molecule has 3 rings (SSSR count). The molecule has 1 heterocycles. The summed E-state index contributed by atoms with van der Waals surface area (Å²) in [6.07, 6.45) is 0. The number of carbonyl (C=O) groups excluding carboxylic acids is 1. The predicted molar refractivity (Wildman–Crippen MR) is 91.8 cm³/mol. The van der Waals surface area contributed by atoms with E-state index in [1.807, 2.05) is 30.3 Å². The molecule has 0 fully saturated rings. The Kier molecular flexibility index (Phi) is 5.21. The second-order valence-electron chi connectivity index (χ2n) is 4.87. The maximum absolute atomic E-state index is 13.1. The number of hydrogen-bond donors (Lipinski definition) is 1. The predicted octanol–water partition coefficient (Wildman–Crippen LogP) is 3.28. The molecule has 0 bridgehead atoms. The van der Waals surface area contributed by atoms with E-state index < -0.39 is 5.97 Å². The highest BCUT2D eigenvalue weighted by Gasteiger charge is 2.24. The summed E-state index contributed by atoms with van der Waals surface area (Å²) in [4.78, 5) is 16.6. The van der Waals surface area contributed by atoms with E-state index >= 15 is 0 Å². The van der Waals surface area contributed by atoms with E-state index in [1.54, 1.807) is 12.1 Å². The summed E-state index contributed by atoms with van der Waals surface area (Å²) in [5, 5.41) is 0. The second-order valence-corrected chi connectivity index (χ2v) is 4.87. The lowest BCUT2D eigenvalue weighted by atomic mass is 10.1. The smallest absolute Gasteiger partial charge is 0.358 e. The number of aromatic nitrogens is 2. The normalized spacial score (nSPS) is 10.1. The molecule has 2 N–H and O–H groups in total. The topological polar surface area (TPSA) is 70.1 Å². The zero-order valence-corrected chi connectivity index (χ0v) is 13.6. The van der Waals surface area contributed by atoms with Gasteiger partial charge in [0.1, 0.15) is 11.5 Å². The molecule has 0 radical (unpaired) electrons. The molecule has 3 aromatic rings. The molecule has 0 aliphatic rings. The van der Waals surface area contributed by atoms with Gasteiger partial charge in [0.05, 0.1) is 7.11 Å². The molecule has 0 atom stereocenters. The molecule has 24 heavy (non-hydrogen) atoms. The quantitative estimate of drug-likeness (QED) is 0.583. The average Bonchev–Trinajstić information content (AvgIpc) is 2.93. The molecule has 0 amide bonds. The molecule has 2 aromatic carbocycles. The van der Waals surface area contributed by atoms with Gasteiger partial charge in [-0.3, -0.25) is 0 Å². The van der Waals surface area contributed by atoms with Crippen LogP contribution in [0.4, 0.5) is 4.39 Å². The first-order chi connectivity index (χ1) is 11.1. The summed E-state index contributed by atoms with van der Waals surface area (Å²) in [6.45, 7) is 0. The van der Waals surface area contributed by atoms with Crippen LogP contribution in [0.5, 0.6) is 0 Å². The third-order valence-electron chi connectivity index (χ3n) is 3.44. The fourth-order valence-corrected chi connectivity index (χ4v) is 2.32. The standard InChI is InChI=1S/C17H14FN3O2.ClH/c1-23-17(22)15-14(11-5-3-2-4-6-11)20-16(21(15)19)12-7-9-13(18)10-8-12;/h2-10H,19H2,1H3;1H. The fraction of sp³-hybridized carbons (Fsp3) is 0.0588. The van der Waals surface area contributed by atoms with Crippen molar-refractivity contribution in [3.05, 3.63) is 66.1 Å². The van der Waals surface area contributed by atoms with E-state index in [-0.39, 0.29) is 23.9 Å². The van der Waals surface area contributed by atoms with Crippen LogP contribution < -0.4 is 5.84 Å².